The van der Waals surface area contributed by atoms with Crippen molar-refractivity contribution in [2.75, 3.05) is 6.54 Å². The van der Waals surface area contributed by atoms with Crippen LogP contribution >= 0.6 is 34.8 Å². The summed E-state index contributed by atoms with van der Waals surface area (Å²) < 4.78 is 0. The maximum atomic E-state index is 13.7. The fourth-order valence-electron chi connectivity index (χ4n) is 3.69. The third-order valence-corrected chi connectivity index (χ3v) is 6.55. The highest BCUT2D eigenvalue weighted by Gasteiger charge is 2.30. The van der Waals surface area contributed by atoms with Crippen molar-refractivity contribution in [2.45, 2.75) is 39.3 Å². The molecule has 0 radical (unpaired) electrons. The van der Waals surface area contributed by atoms with Gasteiger partial charge in [0.1, 0.15) is 6.04 Å². The number of hydrogen-bond acceptors (Lipinski definition) is 2. The first-order chi connectivity index (χ1) is 16.7. The minimum atomic E-state index is -0.692. The molecular formula is C28H29Cl3N2O2. The van der Waals surface area contributed by atoms with Crippen molar-refractivity contribution in [1.29, 1.82) is 0 Å². The third kappa shape index (κ3) is 8.28. The second-order valence-corrected chi connectivity index (χ2v) is 10.2. The first kappa shape index (κ1) is 27.1. The van der Waals surface area contributed by atoms with Crippen LogP contribution < -0.4 is 5.32 Å². The number of benzene rings is 3. The minimum Gasteiger partial charge on any atom is -0.354 e. The lowest BCUT2D eigenvalue weighted by Crippen LogP contribution is -2.51. The number of nitrogens with one attached hydrogen (secondary N) is 1. The van der Waals surface area contributed by atoms with Gasteiger partial charge in [0.2, 0.25) is 11.8 Å². The predicted octanol–water partition coefficient (Wildman–Crippen LogP) is 6.60. The van der Waals surface area contributed by atoms with Gasteiger partial charge in [-0.15, -0.1) is 0 Å². The van der Waals surface area contributed by atoms with Gasteiger partial charge in [0.25, 0.3) is 0 Å². The predicted molar refractivity (Wildman–Crippen MR) is 144 cm³/mol. The van der Waals surface area contributed by atoms with Crippen LogP contribution in [0.1, 0.15) is 30.5 Å². The van der Waals surface area contributed by atoms with Crippen molar-refractivity contribution in [3.8, 4) is 0 Å². The number of carbonyl (C=O) groups is 2. The van der Waals surface area contributed by atoms with E-state index in [9.17, 15) is 9.59 Å². The molecule has 2 amide bonds. The van der Waals surface area contributed by atoms with Crippen molar-refractivity contribution in [2.24, 2.45) is 5.92 Å². The molecule has 0 aromatic heterocycles. The smallest absolute Gasteiger partial charge is 0.243 e. The fourth-order valence-corrected chi connectivity index (χ4v) is 4.14. The average molecular weight is 532 g/mol. The second-order valence-electron chi connectivity index (χ2n) is 8.92. The van der Waals surface area contributed by atoms with E-state index in [2.05, 4.69) is 5.32 Å². The Labute approximate surface area is 222 Å². The summed E-state index contributed by atoms with van der Waals surface area (Å²) >= 11 is 18.3. The van der Waals surface area contributed by atoms with Crippen LogP contribution in [0.2, 0.25) is 15.1 Å². The van der Waals surface area contributed by atoms with Crippen molar-refractivity contribution >= 4 is 46.6 Å². The molecule has 0 aliphatic heterocycles. The number of rotatable bonds is 10. The Hall–Kier alpha value is -2.53. The van der Waals surface area contributed by atoms with Crippen LogP contribution in [0, 0.1) is 5.92 Å². The molecule has 0 spiro atoms. The van der Waals surface area contributed by atoms with Gasteiger partial charge in [-0.25, -0.2) is 0 Å². The molecule has 0 saturated heterocycles. The Bertz CT molecular complexity index is 1130. The van der Waals surface area contributed by atoms with E-state index in [1.807, 2.05) is 56.3 Å². The Morgan fingerprint density at radius 3 is 2.11 bits per heavy atom. The molecule has 0 saturated carbocycles. The zero-order valence-corrected chi connectivity index (χ0v) is 22.1. The van der Waals surface area contributed by atoms with Crippen LogP contribution in [0.3, 0.4) is 0 Å². The molecule has 0 heterocycles. The molecule has 1 unspecified atom stereocenters. The summed E-state index contributed by atoms with van der Waals surface area (Å²) in [4.78, 5) is 28.8. The van der Waals surface area contributed by atoms with Crippen LogP contribution in [0.4, 0.5) is 0 Å². The molecule has 0 bridgehead atoms. The Balaban J connectivity index is 1.95. The van der Waals surface area contributed by atoms with E-state index in [0.29, 0.717) is 28.0 Å². The van der Waals surface area contributed by atoms with Crippen LogP contribution in [0.25, 0.3) is 0 Å². The van der Waals surface area contributed by atoms with Crippen molar-refractivity contribution in [3.05, 3.63) is 105 Å². The van der Waals surface area contributed by atoms with Crippen LogP contribution in [0.5, 0.6) is 0 Å². The summed E-state index contributed by atoms with van der Waals surface area (Å²) in [6, 6.07) is 21.5. The van der Waals surface area contributed by atoms with E-state index < -0.39 is 6.04 Å². The van der Waals surface area contributed by atoms with Crippen molar-refractivity contribution in [1.82, 2.24) is 10.2 Å². The summed E-state index contributed by atoms with van der Waals surface area (Å²) in [6.45, 7) is 4.87. The zero-order valence-electron chi connectivity index (χ0n) is 19.8. The number of amides is 2. The van der Waals surface area contributed by atoms with Crippen LogP contribution in [0.15, 0.2) is 72.8 Å². The van der Waals surface area contributed by atoms with Crippen LogP contribution in [-0.2, 0) is 29.0 Å². The molecular weight excluding hydrogens is 503 g/mol. The van der Waals surface area contributed by atoms with E-state index in [1.165, 1.54) is 0 Å². The topological polar surface area (TPSA) is 49.4 Å². The molecule has 0 aliphatic carbocycles. The molecule has 3 aromatic carbocycles. The number of halogens is 3. The van der Waals surface area contributed by atoms with Gasteiger partial charge in [-0.05, 0) is 46.9 Å². The maximum absolute atomic E-state index is 13.7. The van der Waals surface area contributed by atoms with Gasteiger partial charge in [-0.1, -0.05) is 97.2 Å². The molecule has 3 rings (SSSR count). The number of nitrogens with zero attached hydrogens (tertiary/aromatic N) is 1. The van der Waals surface area contributed by atoms with Gasteiger partial charge in [-0.3, -0.25) is 9.59 Å². The molecule has 0 fully saturated rings. The molecule has 0 aliphatic rings. The van der Waals surface area contributed by atoms with E-state index in [4.69, 9.17) is 34.8 Å². The van der Waals surface area contributed by atoms with E-state index in [-0.39, 0.29) is 30.7 Å². The van der Waals surface area contributed by atoms with Gasteiger partial charge in [0, 0.05) is 24.5 Å². The monoisotopic (exact) mass is 530 g/mol. The summed E-state index contributed by atoms with van der Waals surface area (Å²) in [5, 5.41) is 4.44. The molecule has 7 heteroatoms. The Kier molecular flexibility index (Phi) is 10.0. The quantitative estimate of drug-likeness (QED) is 0.320. The molecule has 3 aromatic rings. The standard InChI is InChI=1S/C28H29Cl3N2O2/c1-19(2)17-32-28(35)26(15-20-6-4-3-5-7-20)33(18-21-8-11-23(29)12-9-21)27(34)16-22-10-13-24(30)25(31)14-22/h3-14,19,26H,15-18H2,1-2H3,(H,32,35). The summed E-state index contributed by atoms with van der Waals surface area (Å²) in [5.74, 6) is -0.0778. The van der Waals surface area contributed by atoms with Gasteiger partial charge >= 0.3 is 0 Å². The van der Waals surface area contributed by atoms with E-state index in [0.717, 1.165) is 16.7 Å². The molecule has 35 heavy (non-hydrogen) atoms. The highest BCUT2D eigenvalue weighted by molar-refractivity contribution is 6.42. The maximum Gasteiger partial charge on any atom is 0.243 e. The fraction of sp³-hybridized carbons (Fsp3) is 0.286. The lowest BCUT2D eigenvalue weighted by atomic mass is 10.0. The Morgan fingerprint density at radius 1 is 0.829 bits per heavy atom. The SMILES string of the molecule is CC(C)CNC(=O)C(Cc1ccccc1)N(Cc1ccc(Cl)cc1)C(=O)Cc1ccc(Cl)c(Cl)c1. The Morgan fingerprint density at radius 2 is 1.49 bits per heavy atom. The highest BCUT2D eigenvalue weighted by Crippen LogP contribution is 2.24. The van der Waals surface area contributed by atoms with E-state index >= 15 is 0 Å². The van der Waals surface area contributed by atoms with Gasteiger partial charge in [0.15, 0.2) is 0 Å². The van der Waals surface area contributed by atoms with Crippen molar-refractivity contribution in [3.63, 3.8) is 0 Å². The molecule has 4 nitrogen and oxygen atoms in total. The number of carbonyl (C=O) groups excluding carboxylic acids is 2. The summed E-state index contributed by atoms with van der Waals surface area (Å²) in [7, 11) is 0. The van der Waals surface area contributed by atoms with Crippen molar-refractivity contribution < 1.29 is 9.59 Å². The largest absolute Gasteiger partial charge is 0.354 e. The lowest BCUT2D eigenvalue weighted by Gasteiger charge is -2.32. The normalized spacial score (nSPS) is 11.8. The molecule has 184 valence electrons. The minimum absolute atomic E-state index is 0.0905. The second kappa shape index (κ2) is 13.0. The van der Waals surface area contributed by atoms with Gasteiger partial charge in [-0.2, -0.15) is 0 Å². The summed E-state index contributed by atoms with van der Waals surface area (Å²) in [6.07, 6.45) is 0.485. The first-order valence-corrected chi connectivity index (χ1v) is 12.7. The van der Waals surface area contributed by atoms with Gasteiger partial charge < -0.3 is 10.2 Å². The number of hydrogen-bond donors (Lipinski definition) is 1. The molecule has 1 N–H and O–H groups in total. The zero-order chi connectivity index (χ0) is 25.4. The first-order valence-electron chi connectivity index (χ1n) is 11.5. The van der Waals surface area contributed by atoms with Gasteiger partial charge in [0.05, 0.1) is 16.5 Å². The lowest BCUT2D eigenvalue weighted by molar-refractivity contribution is -0.140. The van der Waals surface area contributed by atoms with Crippen LogP contribution in [-0.4, -0.2) is 29.3 Å². The highest BCUT2D eigenvalue weighted by atomic mass is 35.5. The average Bonchev–Trinajstić information content (AvgIpc) is 2.84. The third-order valence-electron chi connectivity index (χ3n) is 5.56. The molecule has 1 atom stereocenters. The summed E-state index contributed by atoms with van der Waals surface area (Å²) in [5.41, 5.74) is 2.58. The van der Waals surface area contributed by atoms with E-state index in [1.54, 1.807) is 35.2 Å².